The van der Waals surface area contributed by atoms with Crippen molar-refractivity contribution < 1.29 is 0 Å². The van der Waals surface area contributed by atoms with Gasteiger partial charge >= 0.3 is 0 Å². The van der Waals surface area contributed by atoms with Crippen molar-refractivity contribution in [3.63, 3.8) is 0 Å². The second-order valence-corrected chi connectivity index (χ2v) is 6.94. The summed E-state index contributed by atoms with van der Waals surface area (Å²) in [5.41, 5.74) is 2.71. The summed E-state index contributed by atoms with van der Waals surface area (Å²) in [5.74, 6) is 0.856. The highest BCUT2D eigenvalue weighted by Gasteiger charge is 2.07. The lowest BCUT2D eigenvalue weighted by atomic mass is 10.1. The third-order valence-electron chi connectivity index (χ3n) is 4.32. The summed E-state index contributed by atoms with van der Waals surface area (Å²) >= 11 is 1.80. The normalized spacial score (nSPS) is 11.3. The lowest BCUT2D eigenvalue weighted by molar-refractivity contribution is 0.295. The number of rotatable bonds is 9. The van der Waals surface area contributed by atoms with Gasteiger partial charge in [-0.1, -0.05) is 44.2 Å². The third-order valence-corrected chi connectivity index (χ3v) is 5.26. The molecule has 6 heteroatoms. The Balaban J connectivity index is 0.00000338. The minimum absolute atomic E-state index is 0. The average molecular weight is 486 g/mol. The van der Waals surface area contributed by atoms with E-state index in [9.17, 15) is 0 Å². The number of aliphatic imine (C=N–C) groups is 1. The van der Waals surface area contributed by atoms with Crippen LogP contribution in [0.4, 0.5) is 0 Å². The first kappa shape index (κ1) is 22.9. The molecule has 0 aliphatic heterocycles. The van der Waals surface area contributed by atoms with Gasteiger partial charge in [0, 0.05) is 31.6 Å². The number of benzene rings is 1. The van der Waals surface area contributed by atoms with Crippen molar-refractivity contribution in [1.82, 2.24) is 15.5 Å². The molecule has 1 aromatic heterocycles. The molecule has 0 atom stereocenters. The van der Waals surface area contributed by atoms with Gasteiger partial charge in [-0.05, 0) is 42.1 Å². The van der Waals surface area contributed by atoms with Crippen LogP contribution in [0.5, 0.6) is 0 Å². The Hall–Kier alpha value is -1.12. The Labute approximate surface area is 179 Å². The average Bonchev–Trinajstić information content (AvgIpc) is 3.16. The Morgan fingerprint density at radius 3 is 2.38 bits per heavy atom. The molecule has 0 fully saturated rings. The Kier molecular flexibility index (Phi) is 11.6. The summed E-state index contributed by atoms with van der Waals surface area (Å²) in [4.78, 5) is 8.17. The maximum Gasteiger partial charge on any atom is 0.191 e. The van der Waals surface area contributed by atoms with Gasteiger partial charge in [0.1, 0.15) is 0 Å². The second kappa shape index (κ2) is 13.1. The molecular weight excluding hydrogens is 455 g/mol. The quantitative estimate of drug-likeness (QED) is 0.318. The molecule has 0 amide bonds. The van der Waals surface area contributed by atoms with Crippen molar-refractivity contribution >= 4 is 41.3 Å². The van der Waals surface area contributed by atoms with Gasteiger partial charge in [0.2, 0.25) is 0 Å². The van der Waals surface area contributed by atoms with Gasteiger partial charge in [0.05, 0.1) is 0 Å². The van der Waals surface area contributed by atoms with Crippen LogP contribution >= 0.6 is 35.3 Å². The topological polar surface area (TPSA) is 39.7 Å². The molecule has 2 rings (SSSR count). The van der Waals surface area contributed by atoms with Crippen molar-refractivity contribution in [3.05, 3.63) is 57.8 Å². The van der Waals surface area contributed by atoms with E-state index in [1.54, 1.807) is 11.3 Å². The van der Waals surface area contributed by atoms with Crippen molar-refractivity contribution in [3.8, 4) is 0 Å². The molecule has 0 bridgehead atoms. The molecule has 1 aromatic carbocycles. The van der Waals surface area contributed by atoms with E-state index in [0.29, 0.717) is 0 Å². The van der Waals surface area contributed by atoms with Crippen molar-refractivity contribution in [2.24, 2.45) is 4.99 Å². The third kappa shape index (κ3) is 7.63. The van der Waals surface area contributed by atoms with Crippen LogP contribution in [-0.4, -0.2) is 37.5 Å². The second-order valence-electron chi connectivity index (χ2n) is 5.91. The largest absolute Gasteiger partial charge is 0.356 e. The predicted molar refractivity (Wildman–Crippen MR) is 125 cm³/mol. The molecule has 0 unspecified atom stereocenters. The van der Waals surface area contributed by atoms with E-state index in [4.69, 9.17) is 0 Å². The van der Waals surface area contributed by atoms with Gasteiger partial charge in [0.25, 0.3) is 0 Å². The molecule has 2 aromatic rings. The van der Waals surface area contributed by atoms with Gasteiger partial charge in [-0.2, -0.15) is 0 Å². The fourth-order valence-electron chi connectivity index (χ4n) is 2.73. The van der Waals surface area contributed by atoms with Crippen LogP contribution in [0.2, 0.25) is 0 Å². The van der Waals surface area contributed by atoms with Crippen LogP contribution in [0.1, 0.15) is 29.9 Å². The van der Waals surface area contributed by atoms with Crippen LogP contribution in [-0.2, 0) is 19.5 Å². The first-order valence-corrected chi connectivity index (χ1v) is 9.90. The maximum absolute atomic E-state index is 4.33. The molecule has 0 aliphatic carbocycles. The van der Waals surface area contributed by atoms with Gasteiger partial charge < -0.3 is 10.6 Å². The molecular formula is C20H31IN4S. The summed E-state index contributed by atoms with van der Waals surface area (Å²) in [5, 5.41) is 8.96. The molecule has 0 saturated heterocycles. The van der Waals surface area contributed by atoms with Crippen LogP contribution in [0.15, 0.2) is 46.8 Å². The zero-order chi connectivity index (χ0) is 17.9. The number of thiophene rings is 1. The zero-order valence-corrected chi connectivity index (χ0v) is 19.1. The van der Waals surface area contributed by atoms with E-state index in [2.05, 4.69) is 76.2 Å². The SMILES string of the molecule is CCN(CC)Cc1ccccc1CNC(=NC)NCCc1cccs1.I. The molecule has 0 aliphatic rings. The van der Waals surface area contributed by atoms with Crippen LogP contribution in [0.25, 0.3) is 0 Å². The van der Waals surface area contributed by atoms with Crippen molar-refractivity contribution in [2.45, 2.75) is 33.4 Å². The molecule has 144 valence electrons. The van der Waals surface area contributed by atoms with Crippen LogP contribution < -0.4 is 10.6 Å². The van der Waals surface area contributed by atoms with Gasteiger partial charge in [-0.25, -0.2) is 0 Å². The molecule has 2 N–H and O–H groups in total. The molecule has 1 heterocycles. The van der Waals surface area contributed by atoms with Crippen LogP contribution in [0, 0.1) is 0 Å². The smallest absolute Gasteiger partial charge is 0.191 e. The van der Waals surface area contributed by atoms with E-state index >= 15 is 0 Å². The number of nitrogens with zero attached hydrogens (tertiary/aromatic N) is 2. The van der Waals surface area contributed by atoms with E-state index < -0.39 is 0 Å². The van der Waals surface area contributed by atoms with Crippen LogP contribution in [0.3, 0.4) is 0 Å². The summed E-state index contributed by atoms with van der Waals surface area (Å²) in [6, 6.07) is 12.9. The van der Waals surface area contributed by atoms with E-state index in [-0.39, 0.29) is 24.0 Å². The number of hydrogen-bond acceptors (Lipinski definition) is 3. The molecule has 0 spiro atoms. The lowest BCUT2D eigenvalue weighted by Gasteiger charge is -2.20. The van der Waals surface area contributed by atoms with Gasteiger partial charge in [0.15, 0.2) is 5.96 Å². The monoisotopic (exact) mass is 486 g/mol. The highest BCUT2D eigenvalue weighted by molar-refractivity contribution is 14.0. The van der Waals surface area contributed by atoms with Crippen molar-refractivity contribution in [1.29, 1.82) is 0 Å². The number of hydrogen-bond donors (Lipinski definition) is 2. The summed E-state index contributed by atoms with van der Waals surface area (Å²) in [7, 11) is 1.82. The van der Waals surface area contributed by atoms with Gasteiger partial charge in [-0.3, -0.25) is 9.89 Å². The van der Waals surface area contributed by atoms with E-state index in [1.165, 1.54) is 16.0 Å². The predicted octanol–water partition coefficient (Wildman–Crippen LogP) is 4.12. The standard InChI is InChI=1S/C20H30N4S.HI/c1-4-24(5-2)16-18-10-7-6-9-17(18)15-23-20(21-3)22-13-12-19-11-8-14-25-19;/h6-11,14H,4-5,12-13,15-16H2,1-3H3,(H2,21,22,23);1H. The lowest BCUT2D eigenvalue weighted by Crippen LogP contribution is -2.38. The zero-order valence-electron chi connectivity index (χ0n) is 16.0. The molecule has 4 nitrogen and oxygen atoms in total. The highest BCUT2D eigenvalue weighted by Crippen LogP contribution is 2.12. The van der Waals surface area contributed by atoms with Crippen molar-refractivity contribution in [2.75, 3.05) is 26.7 Å². The number of halogens is 1. The maximum atomic E-state index is 4.33. The minimum atomic E-state index is 0. The first-order valence-electron chi connectivity index (χ1n) is 9.02. The Bertz CT molecular complexity index is 639. The van der Waals surface area contributed by atoms with E-state index in [1.807, 2.05) is 7.05 Å². The van der Waals surface area contributed by atoms with Gasteiger partial charge in [-0.15, -0.1) is 35.3 Å². The first-order chi connectivity index (χ1) is 12.3. The molecule has 0 radical (unpaired) electrons. The summed E-state index contributed by atoms with van der Waals surface area (Å²) in [6.07, 6.45) is 1.02. The Morgan fingerprint density at radius 1 is 1.04 bits per heavy atom. The fraction of sp³-hybridized carbons (Fsp3) is 0.450. The molecule has 0 saturated carbocycles. The summed E-state index contributed by atoms with van der Waals surface area (Å²) in [6.45, 7) is 9.24. The minimum Gasteiger partial charge on any atom is -0.356 e. The Morgan fingerprint density at radius 2 is 1.77 bits per heavy atom. The molecule has 26 heavy (non-hydrogen) atoms. The van der Waals surface area contributed by atoms with E-state index in [0.717, 1.165) is 45.1 Å². The number of nitrogens with one attached hydrogen (secondary N) is 2. The number of guanidine groups is 1. The highest BCUT2D eigenvalue weighted by atomic mass is 127. The summed E-state index contributed by atoms with van der Waals surface area (Å²) < 4.78 is 0. The fourth-order valence-corrected chi connectivity index (χ4v) is 3.44.